The van der Waals surface area contributed by atoms with E-state index in [-0.39, 0.29) is 17.4 Å². The number of halogens is 3. The number of alkyl halides is 3. The maximum atomic E-state index is 12.8. The summed E-state index contributed by atoms with van der Waals surface area (Å²) in [5.74, 6) is -1.05. The van der Waals surface area contributed by atoms with Gasteiger partial charge >= 0.3 is 12.1 Å². The normalized spacial score (nSPS) is 15.3. The van der Waals surface area contributed by atoms with Gasteiger partial charge in [-0.3, -0.25) is 0 Å². The van der Waals surface area contributed by atoms with Gasteiger partial charge in [0.15, 0.2) is 0 Å². The summed E-state index contributed by atoms with van der Waals surface area (Å²) in [4.78, 5) is 11.2. The minimum absolute atomic E-state index is 0.143. The zero-order valence-corrected chi connectivity index (χ0v) is 9.58. The Bertz CT molecular complexity index is 464. The summed E-state index contributed by atoms with van der Waals surface area (Å²) >= 11 is 0. The number of rotatable bonds is 3. The number of hydrogen-bond donors (Lipinski definition) is 0. The van der Waals surface area contributed by atoms with E-state index >= 15 is 0 Å². The smallest absolute Gasteiger partial charge is 0.419 e. The standard InChI is InChI=1S/C12H11F3O3/c1-17-11(16)7-2-5-10(18-8-3-4-8)9(6-7)12(13,14)15/h2,5-6,8H,3-4H2,1H3. The molecule has 0 atom stereocenters. The van der Waals surface area contributed by atoms with Gasteiger partial charge in [0, 0.05) is 0 Å². The summed E-state index contributed by atoms with van der Waals surface area (Å²) in [5.41, 5.74) is -1.09. The van der Waals surface area contributed by atoms with Crippen LogP contribution in [0.4, 0.5) is 13.2 Å². The zero-order chi connectivity index (χ0) is 13.3. The molecule has 1 aromatic carbocycles. The van der Waals surface area contributed by atoms with E-state index in [2.05, 4.69) is 4.74 Å². The van der Waals surface area contributed by atoms with Gasteiger partial charge in [-0.1, -0.05) is 0 Å². The Morgan fingerprint density at radius 1 is 1.33 bits per heavy atom. The fraction of sp³-hybridized carbons (Fsp3) is 0.417. The molecule has 0 saturated heterocycles. The molecule has 1 aliphatic carbocycles. The number of hydrogen-bond acceptors (Lipinski definition) is 3. The Morgan fingerprint density at radius 2 is 2.00 bits per heavy atom. The van der Waals surface area contributed by atoms with Crippen LogP contribution in [-0.4, -0.2) is 19.2 Å². The van der Waals surface area contributed by atoms with Crippen molar-refractivity contribution in [3.05, 3.63) is 29.3 Å². The van der Waals surface area contributed by atoms with Crippen LogP contribution in [0.3, 0.4) is 0 Å². The van der Waals surface area contributed by atoms with Gasteiger partial charge in [0.2, 0.25) is 0 Å². The first-order valence-electron chi connectivity index (χ1n) is 5.38. The van der Waals surface area contributed by atoms with E-state index in [1.807, 2.05) is 0 Å². The van der Waals surface area contributed by atoms with Gasteiger partial charge in [0.1, 0.15) is 5.75 Å². The van der Waals surface area contributed by atoms with Crippen LogP contribution in [0.5, 0.6) is 5.75 Å². The largest absolute Gasteiger partial charge is 0.490 e. The van der Waals surface area contributed by atoms with Gasteiger partial charge in [-0.05, 0) is 31.0 Å². The molecule has 18 heavy (non-hydrogen) atoms. The number of esters is 1. The van der Waals surface area contributed by atoms with Crippen LogP contribution in [0, 0.1) is 0 Å². The van der Waals surface area contributed by atoms with Gasteiger partial charge in [-0.25, -0.2) is 4.79 Å². The topological polar surface area (TPSA) is 35.5 Å². The maximum Gasteiger partial charge on any atom is 0.419 e. The van der Waals surface area contributed by atoms with Gasteiger partial charge in [0.25, 0.3) is 0 Å². The van der Waals surface area contributed by atoms with Gasteiger partial charge in [0.05, 0.1) is 24.3 Å². The monoisotopic (exact) mass is 260 g/mol. The predicted octanol–water partition coefficient (Wildman–Crippen LogP) is 3.03. The summed E-state index contributed by atoms with van der Waals surface area (Å²) in [6.07, 6.45) is -3.18. The van der Waals surface area contributed by atoms with Crippen molar-refractivity contribution in [2.45, 2.75) is 25.1 Å². The Morgan fingerprint density at radius 3 is 2.50 bits per heavy atom. The lowest BCUT2D eigenvalue weighted by molar-refractivity contribution is -0.139. The van der Waals surface area contributed by atoms with Crippen molar-refractivity contribution >= 4 is 5.97 Å². The Kier molecular flexibility index (Phi) is 3.19. The molecule has 0 aliphatic heterocycles. The highest BCUT2D eigenvalue weighted by molar-refractivity contribution is 5.89. The van der Waals surface area contributed by atoms with E-state index in [9.17, 15) is 18.0 Å². The third kappa shape index (κ3) is 2.75. The zero-order valence-electron chi connectivity index (χ0n) is 9.58. The highest BCUT2D eigenvalue weighted by atomic mass is 19.4. The van der Waals surface area contributed by atoms with Crippen LogP contribution in [0.2, 0.25) is 0 Å². The molecule has 1 aliphatic rings. The number of benzene rings is 1. The summed E-state index contributed by atoms with van der Waals surface area (Å²) in [6, 6.07) is 3.18. The lowest BCUT2D eigenvalue weighted by Crippen LogP contribution is -2.12. The van der Waals surface area contributed by atoms with Crippen molar-refractivity contribution < 1.29 is 27.4 Å². The number of ether oxygens (including phenoxy) is 2. The van der Waals surface area contributed by atoms with Crippen molar-refractivity contribution in [2.24, 2.45) is 0 Å². The van der Waals surface area contributed by atoms with E-state index in [0.717, 1.165) is 32.1 Å². The first-order valence-corrected chi connectivity index (χ1v) is 5.38. The van der Waals surface area contributed by atoms with Crippen LogP contribution in [-0.2, 0) is 10.9 Å². The molecule has 0 unspecified atom stereocenters. The lowest BCUT2D eigenvalue weighted by Gasteiger charge is -2.14. The van der Waals surface area contributed by atoms with E-state index in [1.54, 1.807) is 0 Å². The van der Waals surface area contributed by atoms with Crippen LogP contribution < -0.4 is 4.74 Å². The van der Waals surface area contributed by atoms with Gasteiger partial charge < -0.3 is 9.47 Å². The van der Waals surface area contributed by atoms with Crippen molar-refractivity contribution in [3.8, 4) is 5.75 Å². The summed E-state index contributed by atoms with van der Waals surface area (Å²) in [5, 5.41) is 0. The molecular weight excluding hydrogens is 249 g/mol. The average molecular weight is 260 g/mol. The van der Waals surface area contributed by atoms with E-state index in [1.165, 1.54) is 6.07 Å². The molecule has 1 fully saturated rings. The quantitative estimate of drug-likeness (QED) is 0.783. The Hall–Kier alpha value is -1.72. The third-order valence-electron chi connectivity index (χ3n) is 2.52. The molecule has 0 spiro atoms. The minimum Gasteiger partial charge on any atom is -0.490 e. The van der Waals surface area contributed by atoms with Gasteiger partial charge in [-0.15, -0.1) is 0 Å². The molecule has 1 saturated carbocycles. The second kappa shape index (κ2) is 4.51. The molecule has 0 heterocycles. The van der Waals surface area contributed by atoms with Crippen molar-refractivity contribution in [1.29, 1.82) is 0 Å². The molecule has 0 aromatic heterocycles. The fourth-order valence-electron chi connectivity index (χ4n) is 1.46. The molecular formula is C12H11F3O3. The first-order chi connectivity index (χ1) is 8.41. The van der Waals surface area contributed by atoms with Crippen LogP contribution in [0.25, 0.3) is 0 Å². The Labute approximate surface area is 102 Å². The predicted molar refractivity (Wildman–Crippen MR) is 56.4 cm³/mol. The van der Waals surface area contributed by atoms with Crippen molar-refractivity contribution in [2.75, 3.05) is 7.11 Å². The van der Waals surface area contributed by atoms with Crippen LogP contribution in [0.1, 0.15) is 28.8 Å². The van der Waals surface area contributed by atoms with E-state index < -0.39 is 17.7 Å². The fourth-order valence-corrected chi connectivity index (χ4v) is 1.46. The Balaban J connectivity index is 2.37. The molecule has 2 rings (SSSR count). The summed E-state index contributed by atoms with van der Waals surface area (Å²) in [7, 11) is 1.12. The molecule has 6 heteroatoms. The molecule has 0 radical (unpaired) electrons. The second-order valence-electron chi connectivity index (χ2n) is 4.02. The highest BCUT2D eigenvalue weighted by Gasteiger charge is 2.37. The third-order valence-corrected chi connectivity index (χ3v) is 2.52. The average Bonchev–Trinajstić information content (AvgIpc) is 3.11. The second-order valence-corrected chi connectivity index (χ2v) is 4.02. The molecule has 98 valence electrons. The van der Waals surface area contributed by atoms with Crippen molar-refractivity contribution in [3.63, 3.8) is 0 Å². The first kappa shape index (κ1) is 12.7. The number of carbonyl (C=O) groups is 1. The molecule has 0 bridgehead atoms. The molecule has 3 nitrogen and oxygen atoms in total. The van der Waals surface area contributed by atoms with E-state index in [4.69, 9.17) is 4.74 Å². The van der Waals surface area contributed by atoms with Gasteiger partial charge in [-0.2, -0.15) is 13.2 Å². The minimum atomic E-state index is -4.56. The molecule has 1 aromatic rings. The SMILES string of the molecule is COC(=O)c1ccc(OC2CC2)c(C(F)(F)F)c1. The summed E-state index contributed by atoms with van der Waals surface area (Å²) in [6.45, 7) is 0. The summed E-state index contributed by atoms with van der Waals surface area (Å²) < 4.78 is 48.1. The van der Waals surface area contributed by atoms with Crippen molar-refractivity contribution in [1.82, 2.24) is 0 Å². The number of methoxy groups -OCH3 is 1. The van der Waals surface area contributed by atoms with E-state index in [0.29, 0.717) is 0 Å². The maximum absolute atomic E-state index is 12.8. The molecule has 0 N–H and O–H groups in total. The number of carbonyl (C=O) groups excluding carboxylic acids is 1. The molecule has 0 amide bonds. The van der Waals surface area contributed by atoms with Crippen LogP contribution in [0.15, 0.2) is 18.2 Å². The van der Waals surface area contributed by atoms with Crippen LogP contribution >= 0.6 is 0 Å². The lowest BCUT2D eigenvalue weighted by atomic mass is 10.1. The highest BCUT2D eigenvalue weighted by Crippen LogP contribution is 2.39.